The number of phenols is 2. The fraction of sp³-hybridized carbons (Fsp3) is 0.333. The topological polar surface area (TPSA) is 57.1 Å². The van der Waals surface area contributed by atoms with Gasteiger partial charge in [0, 0.05) is 12.0 Å². The molecule has 0 amide bonds. The average molecular weight is 166 g/mol. The van der Waals surface area contributed by atoms with Crippen LogP contribution in [-0.2, 0) is 13.0 Å². The lowest BCUT2D eigenvalue weighted by atomic mass is 10.0. The summed E-state index contributed by atoms with van der Waals surface area (Å²) in [6.07, 6.45) is 0.975. The molecular weight excluding hydrogens is 154 g/mol. The van der Waals surface area contributed by atoms with Crippen molar-refractivity contribution in [2.24, 2.45) is 0 Å². The highest BCUT2D eigenvalue weighted by Gasteiger charge is 2.13. The molecule has 1 aliphatic rings. The molecule has 0 aliphatic carbocycles. The normalized spacial score (nSPS) is 15.7. The van der Waals surface area contributed by atoms with Gasteiger partial charge in [0.05, 0.1) is 6.54 Å². The van der Waals surface area contributed by atoms with Crippen LogP contribution >= 0.6 is 0 Å². The third-order valence-electron chi connectivity index (χ3n) is 2.28. The van der Waals surface area contributed by atoms with Crippen LogP contribution in [0.4, 0.5) is 0 Å². The lowest BCUT2D eigenvalue weighted by Gasteiger charge is -2.14. The molecule has 0 atom stereocenters. The van der Waals surface area contributed by atoms with E-state index in [4.69, 9.17) is 0 Å². The van der Waals surface area contributed by atoms with E-state index in [2.05, 4.69) is 5.32 Å². The standard InChI is InChI=1S/C9H11NO2/c11-8-3-6-1-2-10-5-7(6)4-9(8)12/h3-4,10-12H,1-2,5H2/p+1. The Bertz CT molecular complexity index is 279. The number of quaternary nitrogens is 1. The molecule has 3 heteroatoms. The van der Waals surface area contributed by atoms with Gasteiger partial charge in [-0.05, 0) is 17.7 Å². The molecule has 1 aromatic rings. The zero-order valence-electron chi connectivity index (χ0n) is 6.75. The summed E-state index contributed by atoms with van der Waals surface area (Å²) >= 11 is 0. The van der Waals surface area contributed by atoms with Gasteiger partial charge in [-0.3, -0.25) is 0 Å². The molecule has 2 rings (SSSR count). The van der Waals surface area contributed by atoms with Gasteiger partial charge in [-0.15, -0.1) is 0 Å². The molecule has 0 spiro atoms. The van der Waals surface area contributed by atoms with Crippen LogP contribution in [0.1, 0.15) is 11.1 Å². The Balaban J connectivity index is 2.49. The van der Waals surface area contributed by atoms with Gasteiger partial charge in [0.1, 0.15) is 6.54 Å². The second-order valence-electron chi connectivity index (χ2n) is 3.14. The van der Waals surface area contributed by atoms with Crippen LogP contribution in [0.25, 0.3) is 0 Å². The molecule has 0 bridgehead atoms. The molecule has 0 aromatic heterocycles. The van der Waals surface area contributed by atoms with Gasteiger partial charge >= 0.3 is 0 Å². The van der Waals surface area contributed by atoms with E-state index in [-0.39, 0.29) is 11.5 Å². The maximum Gasteiger partial charge on any atom is 0.157 e. The molecule has 1 heterocycles. The van der Waals surface area contributed by atoms with Crippen LogP contribution in [0.5, 0.6) is 11.5 Å². The summed E-state index contributed by atoms with van der Waals surface area (Å²) in [5.74, 6) is -0.0142. The summed E-state index contributed by atoms with van der Waals surface area (Å²) in [5, 5.41) is 20.6. The van der Waals surface area contributed by atoms with Crippen LogP contribution in [0.15, 0.2) is 12.1 Å². The zero-order chi connectivity index (χ0) is 8.55. The van der Waals surface area contributed by atoms with Gasteiger partial charge in [-0.25, -0.2) is 0 Å². The van der Waals surface area contributed by atoms with Crippen LogP contribution in [0.2, 0.25) is 0 Å². The van der Waals surface area contributed by atoms with Crippen molar-refractivity contribution >= 4 is 0 Å². The van der Waals surface area contributed by atoms with Gasteiger partial charge in [-0.2, -0.15) is 0 Å². The predicted molar refractivity (Wildman–Crippen MR) is 44.0 cm³/mol. The molecule has 0 saturated heterocycles. The molecule has 4 N–H and O–H groups in total. The first-order valence-corrected chi connectivity index (χ1v) is 4.13. The van der Waals surface area contributed by atoms with E-state index < -0.39 is 0 Å². The minimum absolute atomic E-state index is 0.00403. The predicted octanol–water partition coefficient (Wildman–Crippen LogP) is -0.283. The molecular formula is C9H12NO2+. The second kappa shape index (κ2) is 2.68. The second-order valence-corrected chi connectivity index (χ2v) is 3.14. The lowest BCUT2D eigenvalue weighted by Crippen LogP contribution is -2.84. The largest absolute Gasteiger partial charge is 0.504 e. The highest BCUT2D eigenvalue weighted by atomic mass is 16.3. The number of hydrogen-bond donors (Lipinski definition) is 3. The van der Waals surface area contributed by atoms with Crippen molar-refractivity contribution in [3.8, 4) is 11.5 Å². The first kappa shape index (κ1) is 7.43. The molecule has 0 saturated carbocycles. The quantitative estimate of drug-likeness (QED) is 0.464. The highest BCUT2D eigenvalue weighted by molar-refractivity contribution is 5.45. The number of nitrogens with two attached hydrogens (primary N) is 1. The number of phenolic OH excluding ortho intramolecular Hbond substituents is 2. The van der Waals surface area contributed by atoms with Gasteiger partial charge < -0.3 is 15.5 Å². The highest BCUT2D eigenvalue weighted by Crippen LogP contribution is 2.28. The summed E-state index contributed by atoms with van der Waals surface area (Å²) in [6, 6.07) is 3.32. The van der Waals surface area contributed by atoms with E-state index in [0.29, 0.717) is 0 Å². The number of aromatic hydroxyl groups is 2. The minimum Gasteiger partial charge on any atom is -0.504 e. The van der Waals surface area contributed by atoms with Crippen LogP contribution in [0.3, 0.4) is 0 Å². The van der Waals surface area contributed by atoms with Crippen LogP contribution < -0.4 is 5.32 Å². The molecule has 12 heavy (non-hydrogen) atoms. The van der Waals surface area contributed by atoms with Crippen molar-refractivity contribution in [1.29, 1.82) is 0 Å². The SMILES string of the molecule is Oc1cc2c(cc1O)C[NH2+]CC2. The first-order chi connectivity index (χ1) is 5.77. The Labute approximate surface area is 70.7 Å². The Hall–Kier alpha value is -1.22. The maximum absolute atomic E-state index is 9.22. The lowest BCUT2D eigenvalue weighted by molar-refractivity contribution is -0.673. The van der Waals surface area contributed by atoms with Crippen molar-refractivity contribution < 1.29 is 15.5 Å². The van der Waals surface area contributed by atoms with E-state index in [9.17, 15) is 10.2 Å². The summed E-state index contributed by atoms with van der Waals surface area (Å²) in [6.45, 7) is 1.97. The number of fused-ring (bicyclic) bond motifs is 1. The van der Waals surface area contributed by atoms with Gasteiger partial charge in [0.2, 0.25) is 0 Å². The third kappa shape index (κ3) is 1.12. The first-order valence-electron chi connectivity index (χ1n) is 4.13. The Morgan fingerprint density at radius 3 is 2.50 bits per heavy atom. The van der Waals surface area contributed by atoms with Crippen molar-refractivity contribution in [1.82, 2.24) is 0 Å². The van der Waals surface area contributed by atoms with E-state index in [1.165, 1.54) is 0 Å². The fourth-order valence-electron chi connectivity index (χ4n) is 1.60. The summed E-state index contributed by atoms with van der Waals surface area (Å²) in [4.78, 5) is 0. The summed E-state index contributed by atoms with van der Waals surface area (Å²) in [5.41, 5.74) is 2.30. The van der Waals surface area contributed by atoms with Crippen LogP contribution in [0, 0.1) is 0 Å². The van der Waals surface area contributed by atoms with Crippen molar-refractivity contribution in [3.05, 3.63) is 23.3 Å². The van der Waals surface area contributed by atoms with E-state index in [1.807, 2.05) is 0 Å². The molecule has 0 radical (unpaired) electrons. The van der Waals surface area contributed by atoms with E-state index in [1.54, 1.807) is 12.1 Å². The van der Waals surface area contributed by atoms with Gasteiger partial charge in [-0.1, -0.05) is 0 Å². The van der Waals surface area contributed by atoms with Gasteiger partial charge in [0.15, 0.2) is 11.5 Å². The average Bonchev–Trinajstić information content (AvgIpc) is 2.07. The minimum atomic E-state index is -0.0101. The molecule has 3 nitrogen and oxygen atoms in total. The Morgan fingerprint density at radius 2 is 1.75 bits per heavy atom. The molecule has 64 valence electrons. The molecule has 0 fully saturated rings. The number of hydrogen-bond acceptors (Lipinski definition) is 2. The maximum atomic E-state index is 9.22. The molecule has 1 aromatic carbocycles. The molecule has 0 unspecified atom stereocenters. The van der Waals surface area contributed by atoms with Crippen molar-refractivity contribution in [3.63, 3.8) is 0 Å². The Morgan fingerprint density at radius 1 is 1.08 bits per heavy atom. The summed E-state index contributed by atoms with van der Waals surface area (Å²) in [7, 11) is 0. The van der Waals surface area contributed by atoms with E-state index in [0.717, 1.165) is 30.6 Å². The van der Waals surface area contributed by atoms with Crippen molar-refractivity contribution in [2.75, 3.05) is 6.54 Å². The number of rotatable bonds is 0. The monoisotopic (exact) mass is 166 g/mol. The van der Waals surface area contributed by atoms with Gasteiger partial charge in [0.25, 0.3) is 0 Å². The summed E-state index contributed by atoms with van der Waals surface area (Å²) < 4.78 is 0. The molecule has 1 aliphatic heterocycles. The smallest absolute Gasteiger partial charge is 0.157 e. The number of benzene rings is 1. The van der Waals surface area contributed by atoms with Crippen molar-refractivity contribution in [2.45, 2.75) is 13.0 Å². The fourth-order valence-corrected chi connectivity index (χ4v) is 1.60. The third-order valence-corrected chi connectivity index (χ3v) is 2.28. The van der Waals surface area contributed by atoms with Crippen LogP contribution in [-0.4, -0.2) is 16.8 Å². The Kier molecular flexibility index (Phi) is 1.66. The van der Waals surface area contributed by atoms with E-state index >= 15 is 0 Å². The zero-order valence-corrected chi connectivity index (χ0v) is 6.75.